The van der Waals surface area contributed by atoms with Crippen LogP contribution in [0.15, 0.2) is 28.0 Å². The molecule has 0 atom stereocenters. The maximum Gasteiger partial charge on any atom is 0.141 e. The Morgan fingerprint density at radius 3 is 2.96 bits per heavy atom. The summed E-state index contributed by atoms with van der Waals surface area (Å²) in [5, 5.41) is 9.75. The molecule has 0 amide bonds. The lowest BCUT2D eigenvalue weighted by molar-refractivity contribution is 0.886. The monoisotopic (exact) mass is 411 g/mol. The smallest absolute Gasteiger partial charge is 0.141 e. The first-order valence-electron chi connectivity index (χ1n) is 9.14. The van der Waals surface area contributed by atoms with Crippen molar-refractivity contribution < 1.29 is 0 Å². The van der Waals surface area contributed by atoms with Crippen molar-refractivity contribution >= 4 is 61.1 Å². The highest BCUT2D eigenvalue weighted by Gasteiger charge is 2.23. The predicted octanol–water partition coefficient (Wildman–Crippen LogP) is 5.89. The number of H-pyrrole nitrogens is 1. The maximum absolute atomic E-state index is 4.98. The normalized spacial score (nSPS) is 15.7. The maximum atomic E-state index is 4.98. The Bertz CT molecular complexity index is 1270. The molecule has 136 valence electrons. The number of imidazole rings is 1. The Morgan fingerprint density at radius 2 is 2.15 bits per heavy atom. The van der Waals surface area contributed by atoms with E-state index >= 15 is 0 Å². The van der Waals surface area contributed by atoms with Crippen LogP contribution in [0.5, 0.6) is 0 Å². The van der Waals surface area contributed by atoms with Crippen LogP contribution in [0.1, 0.15) is 31.5 Å². The molecule has 0 aromatic carbocycles. The van der Waals surface area contributed by atoms with Gasteiger partial charge in [-0.1, -0.05) is 12.8 Å². The summed E-state index contributed by atoms with van der Waals surface area (Å²) < 4.78 is 3.45. The molecule has 0 unspecified atom stereocenters. The zero-order valence-electron chi connectivity index (χ0n) is 14.7. The zero-order chi connectivity index (χ0) is 18.0. The molecule has 8 heteroatoms. The van der Waals surface area contributed by atoms with Gasteiger partial charge in [-0.15, -0.1) is 34.4 Å². The van der Waals surface area contributed by atoms with Gasteiger partial charge in [0.2, 0.25) is 0 Å². The number of rotatable bonds is 3. The molecule has 1 N–H and O–H groups in total. The number of hydrogen-bond acceptors (Lipinski definition) is 6. The van der Waals surface area contributed by atoms with E-state index in [0.29, 0.717) is 0 Å². The van der Waals surface area contributed by atoms with Gasteiger partial charge >= 0.3 is 0 Å². The molecule has 1 saturated carbocycles. The van der Waals surface area contributed by atoms with Crippen molar-refractivity contribution in [3.8, 4) is 10.7 Å². The number of hydrogen-bond donors (Lipinski definition) is 1. The quantitative estimate of drug-likeness (QED) is 0.402. The van der Waals surface area contributed by atoms with Crippen molar-refractivity contribution in [1.82, 2.24) is 24.6 Å². The summed E-state index contributed by atoms with van der Waals surface area (Å²) in [7, 11) is 0. The summed E-state index contributed by atoms with van der Waals surface area (Å²) in [4.78, 5) is 15.1. The molecule has 1 aliphatic rings. The minimum Gasteiger partial charge on any atom is -0.290 e. The molecule has 6 rings (SSSR count). The number of aromatic nitrogens is 5. The van der Waals surface area contributed by atoms with E-state index in [-0.39, 0.29) is 0 Å². The molecular formula is C19H17N5S3. The molecule has 0 aliphatic heterocycles. The van der Waals surface area contributed by atoms with Crippen LogP contribution in [0, 0.1) is 6.92 Å². The SMILES string of the molecule is Cc1ncc2c3cc(-c4nccs4)nc4sc(SC5CCCC5)c([nH]n12)c43. The molecular weight excluding hydrogens is 394 g/mol. The van der Waals surface area contributed by atoms with Gasteiger partial charge in [0.1, 0.15) is 21.4 Å². The van der Waals surface area contributed by atoms with Gasteiger partial charge in [0, 0.05) is 27.6 Å². The zero-order valence-corrected chi connectivity index (χ0v) is 17.2. The number of pyridine rings is 1. The molecule has 5 nitrogen and oxygen atoms in total. The summed E-state index contributed by atoms with van der Waals surface area (Å²) >= 11 is 5.47. The molecule has 0 radical (unpaired) electrons. The average Bonchev–Trinajstić information content (AvgIpc) is 3.45. The summed E-state index contributed by atoms with van der Waals surface area (Å²) in [5.41, 5.74) is 3.25. The van der Waals surface area contributed by atoms with Crippen LogP contribution in [-0.4, -0.2) is 29.8 Å². The highest BCUT2D eigenvalue weighted by molar-refractivity contribution is 8.02. The molecule has 5 heterocycles. The van der Waals surface area contributed by atoms with E-state index in [1.54, 1.807) is 11.3 Å². The third-order valence-corrected chi connectivity index (χ3v) is 8.73. The molecule has 0 bridgehead atoms. The van der Waals surface area contributed by atoms with Crippen LogP contribution in [0.4, 0.5) is 0 Å². The van der Waals surface area contributed by atoms with Gasteiger partial charge in [0.25, 0.3) is 0 Å². The van der Waals surface area contributed by atoms with Gasteiger partial charge in [0.15, 0.2) is 0 Å². The highest BCUT2D eigenvalue weighted by atomic mass is 32.2. The summed E-state index contributed by atoms with van der Waals surface area (Å²) in [6, 6.07) is 2.18. The number of aromatic amines is 1. The largest absolute Gasteiger partial charge is 0.290 e. The Balaban J connectivity index is 1.67. The van der Waals surface area contributed by atoms with E-state index < -0.39 is 0 Å². The van der Waals surface area contributed by atoms with Gasteiger partial charge in [-0.3, -0.25) is 5.10 Å². The second kappa shape index (κ2) is 6.05. The molecule has 1 aliphatic carbocycles. The lowest BCUT2D eigenvalue weighted by Gasteiger charge is -2.08. The highest BCUT2D eigenvalue weighted by Crippen LogP contribution is 2.46. The van der Waals surface area contributed by atoms with E-state index in [9.17, 15) is 0 Å². The summed E-state index contributed by atoms with van der Waals surface area (Å²) in [6.45, 7) is 2.04. The second-order valence-electron chi connectivity index (χ2n) is 7.00. The Labute approximate surface area is 167 Å². The third kappa shape index (κ3) is 2.47. The van der Waals surface area contributed by atoms with Crippen LogP contribution < -0.4 is 0 Å². The number of thiazole rings is 1. The first-order chi connectivity index (χ1) is 13.3. The number of thiophene rings is 1. The standard InChI is InChI=1S/C19H17N5S3/c1-10-21-9-14-12-8-13(17-20-6-7-25-17)22-18-15(12)16(23-24(10)14)19(27-18)26-11-4-2-3-5-11/h6-9,11,23H,2-5H2,1H3. The van der Waals surface area contributed by atoms with E-state index in [4.69, 9.17) is 4.98 Å². The number of nitrogens with one attached hydrogen (secondary N) is 1. The fourth-order valence-corrected chi connectivity index (χ4v) is 7.42. The number of aryl methyl sites for hydroxylation is 1. The first-order valence-corrected chi connectivity index (χ1v) is 11.7. The first kappa shape index (κ1) is 16.1. The lowest BCUT2D eigenvalue weighted by Crippen LogP contribution is -1.97. The second-order valence-corrected chi connectivity index (χ2v) is 10.5. The van der Waals surface area contributed by atoms with Crippen LogP contribution >= 0.6 is 34.4 Å². The molecule has 27 heavy (non-hydrogen) atoms. The third-order valence-electron chi connectivity index (χ3n) is 5.29. The van der Waals surface area contributed by atoms with Gasteiger partial charge in [-0.25, -0.2) is 19.5 Å². The van der Waals surface area contributed by atoms with E-state index in [1.807, 2.05) is 47.8 Å². The fourth-order valence-electron chi connectivity index (χ4n) is 3.97. The lowest BCUT2D eigenvalue weighted by atomic mass is 10.1. The Morgan fingerprint density at radius 1 is 1.26 bits per heavy atom. The van der Waals surface area contributed by atoms with Crippen molar-refractivity contribution in [2.45, 2.75) is 42.1 Å². The fraction of sp³-hybridized carbons (Fsp3) is 0.316. The van der Waals surface area contributed by atoms with Gasteiger partial charge in [-0.2, -0.15) is 0 Å². The van der Waals surface area contributed by atoms with Crippen LogP contribution in [-0.2, 0) is 0 Å². The van der Waals surface area contributed by atoms with Gasteiger partial charge in [0.05, 0.1) is 21.4 Å². The van der Waals surface area contributed by atoms with Crippen molar-refractivity contribution in [2.24, 2.45) is 0 Å². The molecule has 0 saturated heterocycles. The predicted molar refractivity (Wildman–Crippen MR) is 114 cm³/mol. The van der Waals surface area contributed by atoms with Crippen LogP contribution in [0.25, 0.3) is 37.3 Å². The molecule has 1 fully saturated rings. The topological polar surface area (TPSA) is 58.9 Å². The molecule has 0 spiro atoms. The van der Waals surface area contributed by atoms with Crippen LogP contribution in [0.2, 0.25) is 0 Å². The van der Waals surface area contributed by atoms with Crippen molar-refractivity contribution in [1.29, 1.82) is 0 Å². The summed E-state index contributed by atoms with van der Waals surface area (Å²) in [5.74, 6) is 0.972. The van der Waals surface area contributed by atoms with Gasteiger partial charge in [-0.05, 0) is 25.8 Å². The van der Waals surface area contributed by atoms with Crippen LogP contribution in [0.3, 0.4) is 0 Å². The average molecular weight is 412 g/mol. The Kier molecular flexibility index (Phi) is 3.61. The number of thioether (sulfide) groups is 1. The Hall–Kier alpha value is -1.90. The van der Waals surface area contributed by atoms with Gasteiger partial charge < -0.3 is 0 Å². The van der Waals surface area contributed by atoms with Crippen molar-refractivity contribution in [3.05, 3.63) is 29.7 Å². The van der Waals surface area contributed by atoms with Crippen molar-refractivity contribution in [3.63, 3.8) is 0 Å². The van der Waals surface area contributed by atoms with E-state index in [2.05, 4.69) is 25.6 Å². The number of fused-ring (bicyclic) bond motifs is 2. The molecule has 5 aromatic heterocycles. The molecule has 5 aromatic rings. The minimum absolute atomic E-state index is 0.725. The summed E-state index contributed by atoms with van der Waals surface area (Å²) in [6.07, 6.45) is 9.14. The number of nitrogens with zero attached hydrogens (tertiary/aromatic N) is 4. The van der Waals surface area contributed by atoms with E-state index in [1.165, 1.54) is 46.2 Å². The van der Waals surface area contributed by atoms with E-state index in [0.717, 1.165) is 32.1 Å². The van der Waals surface area contributed by atoms with Crippen molar-refractivity contribution in [2.75, 3.05) is 0 Å². The minimum atomic E-state index is 0.725.